The molecule has 0 radical (unpaired) electrons. The van der Waals surface area contributed by atoms with Gasteiger partial charge in [-0.05, 0) is 25.5 Å². The first-order valence-electron chi connectivity index (χ1n) is 5.67. The normalized spacial score (nSPS) is 19.6. The number of carbonyl (C=O) groups is 1. The lowest BCUT2D eigenvalue weighted by atomic mass is 10.2. The van der Waals surface area contributed by atoms with E-state index < -0.39 is 0 Å². The van der Waals surface area contributed by atoms with E-state index in [9.17, 15) is 4.79 Å². The van der Waals surface area contributed by atoms with Crippen molar-refractivity contribution in [2.45, 2.75) is 18.9 Å². The minimum Gasteiger partial charge on any atom is -0.309 e. The molecular weight excluding hydrogens is 218 g/mol. The van der Waals surface area contributed by atoms with Crippen molar-refractivity contribution < 1.29 is 4.79 Å². The van der Waals surface area contributed by atoms with Crippen molar-refractivity contribution >= 4 is 17.4 Å². The van der Waals surface area contributed by atoms with Crippen LogP contribution in [0.25, 0.3) is 5.65 Å². The molecule has 2 N–H and O–H groups in total. The van der Waals surface area contributed by atoms with Gasteiger partial charge in [-0.2, -0.15) is 9.61 Å². The van der Waals surface area contributed by atoms with Crippen LogP contribution in [0.5, 0.6) is 0 Å². The third kappa shape index (κ3) is 1.87. The zero-order valence-electron chi connectivity index (χ0n) is 9.26. The van der Waals surface area contributed by atoms with Gasteiger partial charge in [-0.3, -0.25) is 4.79 Å². The van der Waals surface area contributed by atoms with Crippen LogP contribution >= 0.6 is 0 Å². The van der Waals surface area contributed by atoms with E-state index in [2.05, 4.69) is 20.7 Å². The first kappa shape index (κ1) is 10.2. The molecule has 1 atom stereocenters. The number of anilines is 1. The zero-order chi connectivity index (χ0) is 11.7. The Hall–Kier alpha value is -1.95. The van der Waals surface area contributed by atoms with E-state index in [0.717, 1.165) is 25.0 Å². The molecule has 1 aliphatic rings. The van der Waals surface area contributed by atoms with Crippen molar-refractivity contribution in [3.05, 3.63) is 24.5 Å². The summed E-state index contributed by atoms with van der Waals surface area (Å²) in [5, 5.41) is 10.2. The summed E-state index contributed by atoms with van der Waals surface area (Å²) in [6.45, 7) is 0.908. The number of amides is 1. The van der Waals surface area contributed by atoms with Crippen LogP contribution in [0.15, 0.2) is 24.5 Å². The average Bonchev–Trinajstić information content (AvgIpc) is 3.00. The lowest BCUT2D eigenvalue weighted by Crippen LogP contribution is -2.36. The van der Waals surface area contributed by atoms with Crippen molar-refractivity contribution in [2.24, 2.45) is 0 Å². The van der Waals surface area contributed by atoms with Gasteiger partial charge in [0.1, 0.15) is 5.82 Å². The molecular formula is C11H13N5O. The van der Waals surface area contributed by atoms with Gasteiger partial charge in [-0.15, -0.1) is 0 Å². The molecule has 0 aliphatic carbocycles. The lowest BCUT2D eigenvalue weighted by Gasteiger charge is -2.11. The second-order valence-corrected chi connectivity index (χ2v) is 4.07. The minimum absolute atomic E-state index is 0.00880. The molecule has 1 saturated heterocycles. The summed E-state index contributed by atoms with van der Waals surface area (Å²) >= 11 is 0. The van der Waals surface area contributed by atoms with Crippen molar-refractivity contribution in [1.29, 1.82) is 0 Å². The lowest BCUT2D eigenvalue weighted by molar-refractivity contribution is -0.117. The monoisotopic (exact) mass is 231 g/mol. The van der Waals surface area contributed by atoms with Crippen molar-refractivity contribution in [3.63, 3.8) is 0 Å². The number of hydrogen-bond donors (Lipinski definition) is 2. The van der Waals surface area contributed by atoms with Crippen LogP contribution in [0.2, 0.25) is 0 Å². The summed E-state index contributed by atoms with van der Waals surface area (Å²) in [4.78, 5) is 16.1. The van der Waals surface area contributed by atoms with E-state index in [-0.39, 0.29) is 11.9 Å². The number of rotatable bonds is 2. The SMILES string of the molecule is O=C(Nc1ccnc2ccnn12)C1CCCN1. The average molecular weight is 231 g/mol. The summed E-state index contributed by atoms with van der Waals surface area (Å²) in [6, 6.07) is 3.45. The molecule has 0 aromatic carbocycles. The fourth-order valence-corrected chi connectivity index (χ4v) is 2.05. The highest BCUT2D eigenvalue weighted by molar-refractivity contribution is 5.94. The largest absolute Gasteiger partial charge is 0.309 e. The Labute approximate surface area is 98.0 Å². The van der Waals surface area contributed by atoms with Crippen LogP contribution in [0.4, 0.5) is 5.82 Å². The van der Waals surface area contributed by atoms with E-state index in [1.165, 1.54) is 0 Å². The van der Waals surface area contributed by atoms with Gasteiger partial charge in [0.2, 0.25) is 5.91 Å². The topological polar surface area (TPSA) is 71.3 Å². The summed E-state index contributed by atoms with van der Waals surface area (Å²) in [5.41, 5.74) is 0.724. The van der Waals surface area contributed by atoms with Crippen molar-refractivity contribution in [2.75, 3.05) is 11.9 Å². The standard InChI is InChI=1S/C11H13N5O/c17-11(8-2-1-5-12-8)15-10-3-6-13-9-4-7-14-16(9)10/h3-4,6-8,12H,1-2,5H2,(H,15,17). The molecule has 1 aliphatic heterocycles. The predicted molar refractivity (Wildman–Crippen MR) is 62.6 cm³/mol. The van der Waals surface area contributed by atoms with Crippen LogP contribution in [0.1, 0.15) is 12.8 Å². The Morgan fingerprint density at radius 1 is 1.47 bits per heavy atom. The third-order valence-electron chi connectivity index (χ3n) is 2.92. The number of carbonyl (C=O) groups excluding carboxylic acids is 1. The van der Waals surface area contributed by atoms with E-state index in [4.69, 9.17) is 0 Å². The molecule has 1 amide bonds. The van der Waals surface area contributed by atoms with Crippen LogP contribution in [-0.2, 0) is 4.79 Å². The van der Waals surface area contributed by atoms with Gasteiger partial charge in [-0.25, -0.2) is 4.98 Å². The highest BCUT2D eigenvalue weighted by Gasteiger charge is 2.22. The molecule has 0 bridgehead atoms. The third-order valence-corrected chi connectivity index (χ3v) is 2.92. The summed E-state index contributed by atoms with van der Waals surface area (Å²) in [5.74, 6) is 0.643. The Morgan fingerprint density at radius 2 is 2.41 bits per heavy atom. The van der Waals surface area contributed by atoms with Gasteiger partial charge in [0.25, 0.3) is 0 Å². The number of nitrogens with zero attached hydrogens (tertiary/aromatic N) is 3. The molecule has 2 aromatic heterocycles. The van der Waals surface area contributed by atoms with E-state index >= 15 is 0 Å². The predicted octanol–water partition coefficient (Wildman–Crippen LogP) is 0.420. The molecule has 1 unspecified atom stereocenters. The number of fused-ring (bicyclic) bond motifs is 1. The molecule has 0 saturated carbocycles. The fraction of sp³-hybridized carbons (Fsp3) is 0.364. The molecule has 6 heteroatoms. The highest BCUT2D eigenvalue weighted by atomic mass is 16.2. The Morgan fingerprint density at radius 3 is 3.24 bits per heavy atom. The van der Waals surface area contributed by atoms with Gasteiger partial charge in [0.05, 0.1) is 12.2 Å². The molecule has 2 aromatic rings. The van der Waals surface area contributed by atoms with Gasteiger partial charge < -0.3 is 10.6 Å². The first-order chi connectivity index (χ1) is 8.34. The number of aromatic nitrogens is 3. The first-order valence-corrected chi connectivity index (χ1v) is 5.67. The van der Waals surface area contributed by atoms with Crippen molar-refractivity contribution in [3.8, 4) is 0 Å². The maximum Gasteiger partial charge on any atom is 0.242 e. The number of nitrogens with one attached hydrogen (secondary N) is 2. The molecule has 3 rings (SSSR count). The Balaban J connectivity index is 1.84. The van der Waals surface area contributed by atoms with Gasteiger partial charge >= 0.3 is 0 Å². The summed E-state index contributed by atoms with van der Waals surface area (Å²) in [7, 11) is 0. The van der Waals surface area contributed by atoms with Crippen LogP contribution in [0, 0.1) is 0 Å². The van der Waals surface area contributed by atoms with Gasteiger partial charge in [0.15, 0.2) is 5.65 Å². The number of hydrogen-bond acceptors (Lipinski definition) is 4. The molecule has 6 nitrogen and oxygen atoms in total. The van der Waals surface area contributed by atoms with Crippen LogP contribution in [-0.4, -0.2) is 33.1 Å². The summed E-state index contributed by atoms with van der Waals surface area (Å²) < 4.78 is 1.62. The van der Waals surface area contributed by atoms with E-state index in [1.807, 2.05) is 0 Å². The minimum atomic E-state index is -0.0891. The molecule has 3 heterocycles. The Kier molecular flexibility index (Phi) is 2.49. The van der Waals surface area contributed by atoms with Crippen LogP contribution in [0.3, 0.4) is 0 Å². The maximum absolute atomic E-state index is 11.9. The van der Waals surface area contributed by atoms with Crippen molar-refractivity contribution in [1.82, 2.24) is 19.9 Å². The van der Waals surface area contributed by atoms with Crippen LogP contribution < -0.4 is 10.6 Å². The zero-order valence-corrected chi connectivity index (χ0v) is 9.26. The van der Waals surface area contributed by atoms with E-state index in [0.29, 0.717) is 5.82 Å². The molecule has 1 fully saturated rings. The smallest absolute Gasteiger partial charge is 0.242 e. The van der Waals surface area contributed by atoms with Gasteiger partial charge in [0, 0.05) is 12.3 Å². The maximum atomic E-state index is 11.9. The quantitative estimate of drug-likeness (QED) is 0.785. The Bertz CT molecular complexity index is 544. The second-order valence-electron chi connectivity index (χ2n) is 4.07. The van der Waals surface area contributed by atoms with Gasteiger partial charge in [-0.1, -0.05) is 0 Å². The highest BCUT2D eigenvalue weighted by Crippen LogP contribution is 2.11. The molecule has 17 heavy (non-hydrogen) atoms. The molecule has 0 spiro atoms. The molecule has 88 valence electrons. The van der Waals surface area contributed by atoms with E-state index in [1.54, 1.807) is 29.0 Å². The summed E-state index contributed by atoms with van der Waals surface area (Å²) in [6.07, 6.45) is 5.26. The fourth-order valence-electron chi connectivity index (χ4n) is 2.05. The second kappa shape index (κ2) is 4.14.